The van der Waals surface area contributed by atoms with Crippen molar-refractivity contribution in [3.05, 3.63) is 35.6 Å². The molecule has 15 heavy (non-hydrogen) atoms. The van der Waals surface area contributed by atoms with Gasteiger partial charge < -0.3 is 10.5 Å². The standard InChI is InChI=1S/C12H16FNO/c13-11-4-2-1-3-10(11)12(14)7-9-5-6-15-8-9/h1-4,9,12H,5-8,14H2. The number of nitrogens with two attached hydrogens (primary N) is 1. The minimum Gasteiger partial charge on any atom is -0.381 e. The highest BCUT2D eigenvalue weighted by Gasteiger charge is 2.20. The molecule has 82 valence electrons. The molecule has 0 aromatic heterocycles. The highest BCUT2D eigenvalue weighted by Crippen LogP contribution is 2.25. The van der Waals surface area contributed by atoms with Crippen LogP contribution in [0.1, 0.15) is 24.4 Å². The van der Waals surface area contributed by atoms with Crippen molar-refractivity contribution in [2.45, 2.75) is 18.9 Å². The lowest BCUT2D eigenvalue weighted by Gasteiger charge is -2.16. The van der Waals surface area contributed by atoms with E-state index in [1.165, 1.54) is 6.07 Å². The van der Waals surface area contributed by atoms with Crippen LogP contribution in [0.15, 0.2) is 24.3 Å². The maximum Gasteiger partial charge on any atom is 0.127 e. The minimum atomic E-state index is -0.210. The Labute approximate surface area is 89.2 Å². The Kier molecular flexibility index (Phi) is 3.34. The Morgan fingerprint density at radius 1 is 1.47 bits per heavy atom. The van der Waals surface area contributed by atoms with Gasteiger partial charge in [-0.2, -0.15) is 0 Å². The molecule has 1 heterocycles. The first kappa shape index (κ1) is 10.6. The molecule has 2 N–H and O–H groups in total. The summed E-state index contributed by atoms with van der Waals surface area (Å²) in [6, 6.07) is 6.52. The summed E-state index contributed by atoms with van der Waals surface area (Å²) < 4.78 is 18.7. The number of benzene rings is 1. The molecule has 1 fully saturated rings. The molecule has 1 aliphatic rings. The second-order valence-corrected chi connectivity index (χ2v) is 4.09. The van der Waals surface area contributed by atoms with Crippen LogP contribution in [0.2, 0.25) is 0 Å². The Morgan fingerprint density at radius 2 is 2.27 bits per heavy atom. The van der Waals surface area contributed by atoms with Crippen LogP contribution in [0.3, 0.4) is 0 Å². The first-order chi connectivity index (χ1) is 7.27. The summed E-state index contributed by atoms with van der Waals surface area (Å²) in [5.41, 5.74) is 6.60. The van der Waals surface area contributed by atoms with E-state index in [0.717, 1.165) is 26.1 Å². The van der Waals surface area contributed by atoms with Crippen LogP contribution in [0.5, 0.6) is 0 Å². The van der Waals surface area contributed by atoms with Crippen LogP contribution < -0.4 is 5.73 Å². The monoisotopic (exact) mass is 209 g/mol. The molecule has 2 nitrogen and oxygen atoms in total. The first-order valence-electron chi connectivity index (χ1n) is 5.35. The van der Waals surface area contributed by atoms with E-state index in [0.29, 0.717) is 11.5 Å². The number of ether oxygens (including phenoxy) is 1. The van der Waals surface area contributed by atoms with E-state index in [4.69, 9.17) is 10.5 Å². The smallest absolute Gasteiger partial charge is 0.127 e. The lowest BCUT2D eigenvalue weighted by atomic mass is 9.94. The van der Waals surface area contributed by atoms with Crippen molar-refractivity contribution in [1.29, 1.82) is 0 Å². The van der Waals surface area contributed by atoms with Crippen molar-refractivity contribution < 1.29 is 9.13 Å². The van der Waals surface area contributed by atoms with Gasteiger partial charge in [0, 0.05) is 24.8 Å². The third-order valence-corrected chi connectivity index (χ3v) is 2.92. The van der Waals surface area contributed by atoms with Gasteiger partial charge in [-0.1, -0.05) is 18.2 Å². The predicted octanol–water partition coefficient (Wildman–Crippen LogP) is 2.25. The van der Waals surface area contributed by atoms with Crippen LogP contribution in [-0.2, 0) is 4.74 Å². The third-order valence-electron chi connectivity index (χ3n) is 2.92. The van der Waals surface area contributed by atoms with E-state index < -0.39 is 0 Å². The van der Waals surface area contributed by atoms with E-state index in [-0.39, 0.29) is 11.9 Å². The zero-order valence-corrected chi connectivity index (χ0v) is 8.66. The fourth-order valence-corrected chi connectivity index (χ4v) is 2.03. The minimum absolute atomic E-state index is 0.205. The summed E-state index contributed by atoms with van der Waals surface area (Å²) >= 11 is 0. The Morgan fingerprint density at radius 3 is 2.93 bits per heavy atom. The first-order valence-corrected chi connectivity index (χ1v) is 5.35. The summed E-state index contributed by atoms with van der Waals surface area (Å²) in [6.45, 7) is 1.58. The van der Waals surface area contributed by atoms with Gasteiger partial charge in [0.1, 0.15) is 5.82 Å². The maximum atomic E-state index is 13.4. The van der Waals surface area contributed by atoms with E-state index >= 15 is 0 Å². The van der Waals surface area contributed by atoms with Crippen molar-refractivity contribution in [2.75, 3.05) is 13.2 Å². The van der Waals surface area contributed by atoms with E-state index in [2.05, 4.69) is 0 Å². The molecule has 2 atom stereocenters. The summed E-state index contributed by atoms with van der Waals surface area (Å²) in [7, 11) is 0. The normalized spacial score (nSPS) is 22.9. The SMILES string of the molecule is NC(CC1CCOC1)c1ccccc1F. The molecular formula is C12H16FNO. The Hall–Kier alpha value is -0.930. The fourth-order valence-electron chi connectivity index (χ4n) is 2.03. The molecule has 0 amide bonds. The predicted molar refractivity (Wildman–Crippen MR) is 56.9 cm³/mol. The number of hydrogen-bond acceptors (Lipinski definition) is 2. The summed E-state index contributed by atoms with van der Waals surface area (Å²) in [5.74, 6) is 0.281. The topological polar surface area (TPSA) is 35.2 Å². The van der Waals surface area contributed by atoms with Gasteiger partial charge in [-0.3, -0.25) is 0 Å². The molecule has 1 aromatic rings. The van der Waals surface area contributed by atoms with E-state index in [1.54, 1.807) is 12.1 Å². The van der Waals surface area contributed by atoms with Crippen LogP contribution >= 0.6 is 0 Å². The number of halogens is 1. The second kappa shape index (κ2) is 4.73. The van der Waals surface area contributed by atoms with Gasteiger partial charge in [0.25, 0.3) is 0 Å². The molecule has 0 radical (unpaired) electrons. The molecule has 1 aliphatic heterocycles. The van der Waals surface area contributed by atoms with Crippen LogP contribution in [0.25, 0.3) is 0 Å². The zero-order chi connectivity index (χ0) is 10.7. The molecule has 0 bridgehead atoms. The third kappa shape index (κ3) is 2.55. The number of rotatable bonds is 3. The van der Waals surface area contributed by atoms with Crippen molar-refractivity contribution in [1.82, 2.24) is 0 Å². The molecule has 1 saturated heterocycles. The Bertz CT molecular complexity index is 323. The van der Waals surface area contributed by atoms with Gasteiger partial charge in [-0.15, -0.1) is 0 Å². The van der Waals surface area contributed by atoms with Gasteiger partial charge >= 0.3 is 0 Å². The molecular weight excluding hydrogens is 193 g/mol. The van der Waals surface area contributed by atoms with Gasteiger partial charge in [-0.25, -0.2) is 4.39 Å². The lowest BCUT2D eigenvalue weighted by Crippen LogP contribution is -2.16. The van der Waals surface area contributed by atoms with Gasteiger partial charge in [0.2, 0.25) is 0 Å². The molecule has 0 saturated carbocycles. The van der Waals surface area contributed by atoms with Gasteiger partial charge in [-0.05, 0) is 24.8 Å². The van der Waals surface area contributed by atoms with E-state index in [9.17, 15) is 4.39 Å². The quantitative estimate of drug-likeness (QED) is 0.828. The van der Waals surface area contributed by atoms with Crippen molar-refractivity contribution in [3.63, 3.8) is 0 Å². The number of hydrogen-bond donors (Lipinski definition) is 1. The second-order valence-electron chi connectivity index (χ2n) is 4.09. The average molecular weight is 209 g/mol. The summed E-state index contributed by atoms with van der Waals surface area (Å²) in [5, 5.41) is 0. The van der Waals surface area contributed by atoms with Crippen LogP contribution in [0, 0.1) is 11.7 Å². The average Bonchev–Trinajstić information content (AvgIpc) is 2.71. The molecule has 0 spiro atoms. The van der Waals surface area contributed by atoms with Crippen LogP contribution in [-0.4, -0.2) is 13.2 Å². The van der Waals surface area contributed by atoms with Crippen molar-refractivity contribution in [3.8, 4) is 0 Å². The van der Waals surface area contributed by atoms with Crippen molar-refractivity contribution in [2.24, 2.45) is 11.7 Å². The van der Waals surface area contributed by atoms with E-state index in [1.807, 2.05) is 6.07 Å². The van der Waals surface area contributed by atoms with Crippen molar-refractivity contribution >= 4 is 0 Å². The van der Waals surface area contributed by atoms with Gasteiger partial charge in [0.15, 0.2) is 0 Å². The molecule has 3 heteroatoms. The largest absolute Gasteiger partial charge is 0.381 e. The summed E-state index contributed by atoms with van der Waals surface area (Å²) in [4.78, 5) is 0. The lowest BCUT2D eigenvalue weighted by molar-refractivity contribution is 0.182. The van der Waals surface area contributed by atoms with Gasteiger partial charge in [0.05, 0.1) is 0 Å². The molecule has 1 aromatic carbocycles. The fraction of sp³-hybridized carbons (Fsp3) is 0.500. The maximum absolute atomic E-state index is 13.4. The highest BCUT2D eigenvalue weighted by molar-refractivity contribution is 5.20. The zero-order valence-electron chi connectivity index (χ0n) is 8.66. The Balaban J connectivity index is 2.00. The van der Waals surface area contributed by atoms with Crippen LogP contribution in [0.4, 0.5) is 4.39 Å². The molecule has 0 aliphatic carbocycles. The molecule has 2 rings (SSSR count). The highest BCUT2D eigenvalue weighted by atomic mass is 19.1. The molecule has 2 unspecified atom stereocenters. The summed E-state index contributed by atoms with van der Waals surface area (Å²) in [6.07, 6.45) is 1.85.